The molecule has 0 saturated carbocycles. The number of fused-ring (bicyclic) bond motifs is 6. The van der Waals surface area contributed by atoms with E-state index in [1.54, 1.807) is 12.4 Å². The van der Waals surface area contributed by atoms with E-state index in [0.29, 0.717) is 0 Å². The summed E-state index contributed by atoms with van der Waals surface area (Å²) >= 11 is 0. The van der Waals surface area contributed by atoms with Crippen LogP contribution in [-0.4, -0.2) is 19.9 Å². The first-order valence-electron chi connectivity index (χ1n) is 10.5. The zero-order valence-corrected chi connectivity index (χ0v) is 17.9. The summed E-state index contributed by atoms with van der Waals surface area (Å²) in [5.41, 5.74) is 5.18. The SMILES string of the molecule is CC.Cc1cc2cccnc2c2ncccc12.c1cnc2c(c1)ccc1cccnc12. The van der Waals surface area contributed by atoms with Gasteiger partial charge in [0.15, 0.2) is 0 Å². The number of aromatic nitrogens is 4. The first kappa shape index (κ1) is 20.4. The molecule has 4 heterocycles. The van der Waals surface area contributed by atoms with Crippen LogP contribution < -0.4 is 0 Å². The van der Waals surface area contributed by atoms with Crippen LogP contribution >= 0.6 is 0 Å². The van der Waals surface area contributed by atoms with Gasteiger partial charge in [-0.05, 0) is 42.8 Å². The van der Waals surface area contributed by atoms with Gasteiger partial charge in [-0.25, -0.2) is 0 Å². The van der Waals surface area contributed by atoms with Gasteiger partial charge < -0.3 is 0 Å². The minimum absolute atomic E-state index is 0.977. The van der Waals surface area contributed by atoms with Crippen molar-refractivity contribution in [3.63, 3.8) is 0 Å². The molecule has 0 N–H and O–H groups in total. The van der Waals surface area contributed by atoms with Crippen molar-refractivity contribution in [2.45, 2.75) is 20.8 Å². The zero-order chi connectivity index (χ0) is 21.6. The fraction of sp³-hybridized carbons (Fsp3) is 0.111. The summed E-state index contributed by atoms with van der Waals surface area (Å²) in [4.78, 5) is 17.5. The molecule has 4 aromatic heterocycles. The minimum Gasteiger partial charge on any atom is -0.254 e. The van der Waals surface area contributed by atoms with Crippen molar-refractivity contribution in [3.05, 3.63) is 97.1 Å². The fourth-order valence-electron chi connectivity index (χ4n) is 3.64. The van der Waals surface area contributed by atoms with Crippen LogP contribution in [0.1, 0.15) is 19.4 Å². The molecule has 31 heavy (non-hydrogen) atoms. The molecule has 0 spiro atoms. The molecule has 0 radical (unpaired) electrons. The van der Waals surface area contributed by atoms with Crippen molar-refractivity contribution in [2.75, 3.05) is 0 Å². The van der Waals surface area contributed by atoms with Crippen LogP contribution in [0.25, 0.3) is 43.6 Å². The first-order valence-corrected chi connectivity index (χ1v) is 10.5. The van der Waals surface area contributed by atoms with E-state index >= 15 is 0 Å². The molecule has 6 aromatic rings. The Labute approximate surface area is 181 Å². The van der Waals surface area contributed by atoms with Gasteiger partial charge in [-0.2, -0.15) is 0 Å². The molecule has 0 aliphatic heterocycles. The summed E-state index contributed by atoms with van der Waals surface area (Å²) in [6, 6.07) is 22.4. The second kappa shape index (κ2) is 9.26. The van der Waals surface area contributed by atoms with Crippen LogP contribution in [0.4, 0.5) is 0 Å². The number of nitrogens with zero attached hydrogens (tertiary/aromatic N) is 4. The highest BCUT2D eigenvalue weighted by Gasteiger charge is 2.04. The van der Waals surface area contributed by atoms with Crippen molar-refractivity contribution in [3.8, 4) is 0 Å². The highest BCUT2D eigenvalue weighted by Crippen LogP contribution is 2.24. The highest BCUT2D eigenvalue weighted by atomic mass is 14.7. The predicted molar refractivity (Wildman–Crippen MR) is 130 cm³/mol. The molecule has 6 rings (SSSR count). The number of aryl methyl sites for hydroxylation is 1. The van der Waals surface area contributed by atoms with Crippen molar-refractivity contribution in [2.24, 2.45) is 0 Å². The maximum absolute atomic E-state index is 4.41. The Balaban J connectivity index is 0.000000139. The lowest BCUT2D eigenvalue weighted by molar-refractivity contribution is 1.36. The van der Waals surface area contributed by atoms with Crippen LogP contribution in [0.5, 0.6) is 0 Å². The molecule has 0 unspecified atom stereocenters. The van der Waals surface area contributed by atoms with Gasteiger partial charge >= 0.3 is 0 Å². The maximum atomic E-state index is 4.41. The summed E-state index contributed by atoms with van der Waals surface area (Å²) in [6.07, 6.45) is 7.23. The standard InChI is InChI=1S/C13H10N2.C12H8N2.C2H6/c1-9-8-10-4-2-6-14-12(10)13-11(9)5-3-7-15-13;1-3-9-5-6-10-4-2-8-14-12(10)11(9)13-7-1;1-2/h2-8H,1H3;1-8H;1-2H3. The van der Waals surface area contributed by atoms with Crippen molar-refractivity contribution in [1.82, 2.24) is 19.9 Å². The Morgan fingerprint density at radius 3 is 1.45 bits per heavy atom. The van der Waals surface area contributed by atoms with Crippen LogP contribution in [0.3, 0.4) is 0 Å². The van der Waals surface area contributed by atoms with Gasteiger partial charge in [0.2, 0.25) is 0 Å². The normalized spacial score (nSPS) is 10.4. The Bertz CT molecular complexity index is 1420. The van der Waals surface area contributed by atoms with Gasteiger partial charge in [-0.3, -0.25) is 19.9 Å². The van der Waals surface area contributed by atoms with Crippen molar-refractivity contribution < 1.29 is 0 Å². The van der Waals surface area contributed by atoms with Crippen LogP contribution in [0, 0.1) is 6.92 Å². The molecule has 0 aliphatic rings. The van der Waals surface area contributed by atoms with E-state index in [-0.39, 0.29) is 0 Å². The monoisotopic (exact) mass is 404 g/mol. The minimum atomic E-state index is 0.977. The third-order valence-electron chi connectivity index (χ3n) is 5.01. The topological polar surface area (TPSA) is 51.6 Å². The van der Waals surface area contributed by atoms with Crippen LogP contribution in [0.2, 0.25) is 0 Å². The van der Waals surface area contributed by atoms with E-state index < -0.39 is 0 Å². The molecular weight excluding hydrogens is 380 g/mol. The Morgan fingerprint density at radius 1 is 0.484 bits per heavy atom. The number of benzene rings is 2. The van der Waals surface area contributed by atoms with Crippen LogP contribution in [-0.2, 0) is 0 Å². The van der Waals surface area contributed by atoms with Gasteiger partial charge in [0.05, 0.1) is 22.1 Å². The smallest absolute Gasteiger partial charge is 0.0967 e. The molecule has 152 valence electrons. The first-order chi connectivity index (χ1) is 15.3. The van der Waals surface area contributed by atoms with E-state index in [1.807, 2.05) is 50.5 Å². The Morgan fingerprint density at radius 2 is 0.903 bits per heavy atom. The van der Waals surface area contributed by atoms with Crippen molar-refractivity contribution >= 4 is 43.6 Å². The molecule has 2 aromatic carbocycles. The zero-order valence-electron chi connectivity index (χ0n) is 17.9. The second-order valence-electron chi connectivity index (χ2n) is 6.88. The Kier molecular flexibility index (Phi) is 6.08. The second-order valence-corrected chi connectivity index (χ2v) is 6.88. The average molecular weight is 405 g/mol. The lowest BCUT2D eigenvalue weighted by Gasteiger charge is -2.04. The lowest BCUT2D eigenvalue weighted by atomic mass is 10.1. The summed E-state index contributed by atoms with van der Waals surface area (Å²) < 4.78 is 0. The van der Waals surface area contributed by atoms with Gasteiger partial charge in [0.25, 0.3) is 0 Å². The van der Waals surface area contributed by atoms with E-state index in [2.05, 4.69) is 69.3 Å². The summed E-state index contributed by atoms with van der Waals surface area (Å²) in [7, 11) is 0. The number of rotatable bonds is 0. The van der Waals surface area contributed by atoms with Gasteiger partial charge in [0, 0.05) is 46.3 Å². The molecule has 4 heteroatoms. The molecule has 0 amide bonds. The summed E-state index contributed by atoms with van der Waals surface area (Å²) in [6.45, 7) is 6.11. The Hall–Kier alpha value is -3.92. The largest absolute Gasteiger partial charge is 0.254 e. The van der Waals surface area contributed by atoms with E-state index in [1.165, 1.54) is 10.9 Å². The highest BCUT2D eigenvalue weighted by molar-refractivity contribution is 6.04. The maximum Gasteiger partial charge on any atom is 0.0967 e. The van der Waals surface area contributed by atoms with Gasteiger partial charge in [-0.15, -0.1) is 0 Å². The number of hydrogen-bond donors (Lipinski definition) is 0. The van der Waals surface area contributed by atoms with E-state index in [4.69, 9.17) is 0 Å². The third-order valence-corrected chi connectivity index (χ3v) is 5.01. The number of hydrogen-bond acceptors (Lipinski definition) is 4. The molecule has 0 fully saturated rings. The molecule has 0 aliphatic carbocycles. The van der Waals surface area contributed by atoms with Crippen molar-refractivity contribution in [1.29, 1.82) is 0 Å². The van der Waals surface area contributed by atoms with E-state index in [9.17, 15) is 0 Å². The molecule has 0 bridgehead atoms. The van der Waals surface area contributed by atoms with Gasteiger partial charge in [-0.1, -0.05) is 50.2 Å². The predicted octanol–water partition coefficient (Wildman–Crippen LogP) is 6.90. The molecule has 4 nitrogen and oxygen atoms in total. The van der Waals surface area contributed by atoms with E-state index in [0.717, 1.165) is 38.2 Å². The molecular formula is C27H24N4. The summed E-state index contributed by atoms with van der Waals surface area (Å²) in [5.74, 6) is 0. The van der Waals surface area contributed by atoms with Gasteiger partial charge in [0.1, 0.15) is 0 Å². The number of pyridine rings is 4. The van der Waals surface area contributed by atoms with Crippen LogP contribution in [0.15, 0.2) is 91.5 Å². The lowest BCUT2D eigenvalue weighted by Crippen LogP contribution is -1.86. The average Bonchev–Trinajstić information content (AvgIpc) is 2.86. The molecule has 0 atom stereocenters. The third kappa shape index (κ3) is 4.05. The quantitative estimate of drug-likeness (QED) is 0.258. The molecule has 0 saturated heterocycles. The summed E-state index contributed by atoms with van der Waals surface area (Å²) in [5, 5.41) is 4.61. The fourth-order valence-corrected chi connectivity index (χ4v) is 3.64.